The third-order valence-electron chi connectivity index (χ3n) is 3.73. The van der Waals surface area contributed by atoms with Gasteiger partial charge in [0.05, 0.1) is 19.1 Å². The van der Waals surface area contributed by atoms with Crippen LogP contribution in [0.15, 0.2) is 30.3 Å². The summed E-state index contributed by atoms with van der Waals surface area (Å²) in [6.07, 6.45) is 0.899. The van der Waals surface area contributed by atoms with Gasteiger partial charge in [-0.2, -0.15) is 0 Å². The lowest BCUT2D eigenvalue weighted by Gasteiger charge is -2.27. The van der Waals surface area contributed by atoms with Crippen molar-refractivity contribution in [2.24, 2.45) is 5.92 Å². The minimum Gasteiger partial charge on any atom is -0.354 e. The summed E-state index contributed by atoms with van der Waals surface area (Å²) in [5.74, 6) is 0.455. The molecule has 1 heterocycles. The number of amides is 2. The van der Waals surface area contributed by atoms with Crippen LogP contribution in [-0.2, 0) is 9.59 Å². The van der Waals surface area contributed by atoms with E-state index in [2.05, 4.69) is 24.5 Å². The Balaban J connectivity index is 1.94. The van der Waals surface area contributed by atoms with Gasteiger partial charge in [0.2, 0.25) is 11.8 Å². The molecule has 0 bridgehead atoms. The molecule has 5 heteroatoms. The molecule has 1 unspecified atom stereocenters. The van der Waals surface area contributed by atoms with Crippen LogP contribution in [0.2, 0.25) is 0 Å². The highest BCUT2D eigenvalue weighted by atomic mass is 16.2. The number of piperazine rings is 1. The third kappa shape index (κ3) is 5.15. The molecule has 2 rings (SSSR count). The minimum atomic E-state index is -0.0239. The second-order valence-corrected chi connectivity index (χ2v) is 6.22. The second-order valence-electron chi connectivity index (χ2n) is 6.22. The maximum Gasteiger partial charge on any atom is 0.234 e. The Morgan fingerprint density at radius 1 is 1.32 bits per heavy atom. The topological polar surface area (TPSA) is 61.4 Å². The zero-order valence-corrected chi connectivity index (χ0v) is 13.3. The average Bonchev–Trinajstić information content (AvgIpc) is 2.47. The monoisotopic (exact) mass is 303 g/mol. The van der Waals surface area contributed by atoms with Crippen molar-refractivity contribution < 1.29 is 9.59 Å². The molecule has 1 atom stereocenters. The van der Waals surface area contributed by atoms with Crippen LogP contribution in [0.25, 0.3) is 0 Å². The Morgan fingerprint density at radius 2 is 2.05 bits per heavy atom. The van der Waals surface area contributed by atoms with Gasteiger partial charge in [0.1, 0.15) is 0 Å². The van der Waals surface area contributed by atoms with E-state index in [9.17, 15) is 9.59 Å². The van der Waals surface area contributed by atoms with E-state index in [0.717, 1.165) is 18.5 Å². The highest BCUT2D eigenvalue weighted by Gasteiger charge is 2.21. The van der Waals surface area contributed by atoms with Crippen molar-refractivity contribution >= 4 is 11.8 Å². The number of carbonyl (C=O) groups excluding carboxylic acids is 2. The van der Waals surface area contributed by atoms with Crippen LogP contribution < -0.4 is 10.6 Å². The number of nitrogens with zero attached hydrogens (tertiary/aromatic N) is 1. The minimum absolute atomic E-state index is 0.0131. The maximum absolute atomic E-state index is 12.3. The van der Waals surface area contributed by atoms with Crippen LogP contribution in [0, 0.1) is 5.92 Å². The summed E-state index contributed by atoms with van der Waals surface area (Å²) >= 11 is 0. The van der Waals surface area contributed by atoms with Gasteiger partial charge in [-0.05, 0) is 17.9 Å². The molecule has 0 saturated carbocycles. The smallest absolute Gasteiger partial charge is 0.234 e. The van der Waals surface area contributed by atoms with Gasteiger partial charge in [-0.15, -0.1) is 0 Å². The summed E-state index contributed by atoms with van der Waals surface area (Å²) in [7, 11) is 0. The van der Waals surface area contributed by atoms with E-state index in [0.29, 0.717) is 19.0 Å². The van der Waals surface area contributed by atoms with Crippen LogP contribution >= 0.6 is 0 Å². The van der Waals surface area contributed by atoms with E-state index in [1.54, 1.807) is 0 Å². The fourth-order valence-electron chi connectivity index (χ4n) is 2.70. The fraction of sp³-hybridized carbons (Fsp3) is 0.529. The fourth-order valence-corrected chi connectivity index (χ4v) is 2.70. The summed E-state index contributed by atoms with van der Waals surface area (Å²) in [6.45, 7) is 6.20. The van der Waals surface area contributed by atoms with Crippen molar-refractivity contribution in [3.63, 3.8) is 0 Å². The number of hydrogen-bond acceptors (Lipinski definition) is 3. The van der Waals surface area contributed by atoms with Crippen molar-refractivity contribution in [2.45, 2.75) is 26.3 Å². The van der Waals surface area contributed by atoms with Gasteiger partial charge in [-0.25, -0.2) is 0 Å². The van der Waals surface area contributed by atoms with Gasteiger partial charge < -0.3 is 10.6 Å². The van der Waals surface area contributed by atoms with Gasteiger partial charge >= 0.3 is 0 Å². The van der Waals surface area contributed by atoms with Crippen LogP contribution in [0.4, 0.5) is 0 Å². The summed E-state index contributed by atoms with van der Waals surface area (Å²) in [4.78, 5) is 25.5. The van der Waals surface area contributed by atoms with E-state index in [1.807, 2.05) is 35.2 Å². The summed E-state index contributed by atoms with van der Waals surface area (Å²) < 4.78 is 0. The number of hydrogen-bond donors (Lipinski definition) is 2. The number of nitrogens with one attached hydrogen (secondary N) is 2. The van der Waals surface area contributed by atoms with E-state index < -0.39 is 0 Å². The second kappa shape index (κ2) is 7.94. The molecule has 5 nitrogen and oxygen atoms in total. The third-order valence-corrected chi connectivity index (χ3v) is 3.73. The first-order valence-electron chi connectivity index (χ1n) is 7.88. The van der Waals surface area contributed by atoms with E-state index in [4.69, 9.17) is 0 Å². The molecule has 2 N–H and O–H groups in total. The molecule has 1 aliphatic rings. The molecule has 1 fully saturated rings. The van der Waals surface area contributed by atoms with Crippen LogP contribution in [0.1, 0.15) is 31.9 Å². The molecule has 1 saturated heterocycles. The summed E-state index contributed by atoms with van der Waals surface area (Å²) in [6, 6.07) is 10.1. The van der Waals surface area contributed by atoms with Gasteiger partial charge in [0.15, 0.2) is 0 Å². The highest BCUT2D eigenvalue weighted by molar-refractivity contribution is 5.82. The predicted molar refractivity (Wildman–Crippen MR) is 86.2 cm³/mol. The van der Waals surface area contributed by atoms with Gasteiger partial charge in [-0.3, -0.25) is 14.5 Å². The first kappa shape index (κ1) is 16.5. The van der Waals surface area contributed by atoms with Gasteiger partial charge in [-0.1, -0.05) is 44.2 Å². The number of carbonyl (C=O) groups is 2. The number of benzene rings is 1. The SMILES string of the molecule is CC(C)CC(NC(=O)CN1CCNC(=O)C1)c1ccccc1. The first-order valence-corrected chi connectivity index (χ1v) is 7.88. The van der Waals surface area contributed by atoms with Crippen LogP contribution in [0.3, 0.4) is 0 Å². The van der Waals surface area contributed by atoms with Crippen molar-refractivity contribution in [3.05, 3.63) is 35.9 Å². The zero-order chi connectivity index (χ0) is 15.9. The first-order chi connectivity index (χ1) is 10.5. The standard InChI is InChI=1S/C17H25N3O2/c1-13(2)10-15(14-6-4-3-5-7-14)19-17(22)12-20-9-8-18-16(21)11-20/h3-7,13,15H,8-12H2,1-2H3,(H,18,21)(H,19,22). The quantitative estimate of drug-likeness (QED) is 0.833. The Bertz CT molecular complexity index is 502. The lowest BCUT2D eigenvalue weighted by Crippen LogP contribution is -2.50. The number of rotatable bonds is 6. The predicted octanol–water partition coefficient (Wildman–Crippen LogP) is 1.32. The molecule has 0 spiro atoms. The van der Waals surface area contributed by atoms with E-state index in [-0.39, 0.29) is 24.4 Å². The van der Waals surface area contributed by atoms with Crippen molar-refractivity contribution in [2.75, 3.05) is 26.2 Å². The Morgan fingerprint density at radius 3 is 2.68 bits per heavy atom. The molecule has 0 aromatic heterocycles. The Labute approximate surface area is 132 Å². The lowest BCUT2D eigenvalue weighted by atomic mass is 9.97. The van der Waals surface area contributed by atoms with Crippen LogP contribution in [-0.4, -0.2) is 42.9 Å². The Kier molecular flexibility index (Phi) is 5.95. The summed E-state index contributed by atoms with van der Waals surface area (Å²) in [5, 5.41) is 5.88. The van der Waals surface area contributed by atoms with Crippen molar-refractivity contribution in [1.29, 1.82) is 0 Å². The van der Waals surface area contributed by atoms with Gasteiger partial charge in [0, 0.05) is 13.1 Å². The average molecular weight is 303 g/mol. The highest BCUT2D eigenvalue weighted by Crippen LogP contribution is 2.20. The molecular formula is C17H25N3O2. The molecule has 1 aromatic carbocycles. The Hall–Kier alpha value is -1.88. The molecule has 120 valence electrons. The lowest BCUT2D eigenvalue weighted by molar-refractivity contribution is -0.127. The zero-order valence-electron chi connectivity index (χ0n) is 13.3. The van der Waals surface area contributed by atoms with Crippen molar-refractivity contribution in [1.82, 2.24) is 15.5 Å². The maximum atomic E-state index is 12.3. The van der Waals surface area contributed by atoms with Crippen LogP contribution in [0.5, 0.6) is 0 Å². The normalized spacial score (nSPS) is 17.1. The molecule has 2 amide bonds. The molecule has 22 heavy (non-hydrogen) atoms. The largest absolute Gasteiger partial charge is 0.354 e. The van der Waals surface area contributed by atoms with E-state index in [1.165, 1.54) is 0 Å². The van der Waals surface area contributed by atoms with E-state index >= 15 is 0 Å². The summed E-state index contributed by atoms with van der Waals surface area (Å²) in [5.41, 5.74) is 1.13. The van der Waals surface area contributed by atoms with Gasteiger partial charge in [0.25, 0.3) is 0 Å². The molecule has 1 aromatic rings. The van der Waals surface area contributed by atoms with Crippen molar-refractivity contribution in [3.8, 4) is 0 Å². The molecular weight excluding hydrogens is 278 g/mol. The molecule has 0 aliphatic carbocycles. The molecule has 1 aliphatic heterocycles. The molecule has 0 radical (unpaired) electrons.